The maximum atomic E-state index is 12.7. The molecule has 2 aliphatic rings. The van der Waals surface area contributed by atoms with E-state index in [1.807, 2.05) is 53.4 Å². The Morgan fingerprint density at radius 2 is 1.52 bits per heavy atom. The maximum Gasteiger partial charge on any atom is 0.246 e. The highest BCUT2D eigenvalue weighted by Gasteiger charge is 2.48. The second kappa shape index (κ2) is 9.43. The van der Waals surface area contributed by atoms with Gasteiger partial charge in [-0.1, -0.05) is 60.7 Å². The summed E-state index contributed by atoms with van der Waals surface area (Å²) in [6.45, 7) is 1.52. The molecule has 2 aliphatic heterocycles. The predicted octanol–water partition coefficient (Wildman–Crippen LogP) is 3.76. The van der Waals surface area contributed by atoms with E-state index in [0.717, 1.165) is 12.0 Å². The van der Waals surface area contributed by atoms with Crippen molar-refractivity contribution in [2.24, 2.45) is 0 Å². The second-order valence-electron chi connectivity index (χ2n) is 8.34. The van der Waals surface area contributed by atoms with Crippen molar-refractivity contribution in [3.05, 3.63) is 71.8 Å². The van der Waals surface area contributed by atoms with E-state index in [1.165, 1.54) is 0 Å². The fourth-order valence-electron chi connectivity index (χ4n) is 4.50. The highest BCUT2D eigenvalue weighted by atomic mass is 16.7. The zero-order valence-corrected chi connectivity index (χ0v) is 17.7. The summed E-state index contributed by atoms with van der Waals surface area (Å²) in [6, 6.07) is 18.9. The Balaban J connectivity index is 1.29. The van der Waals surface area contributed by atoms with Crippen molar-refractivity contribution >= 4 is 17.6 Å². The summed E-state index contributed by atoms with van der Waals surface area (Å²) in [5, 5.41) is 1.58. The van der Waals surface area contributed by atoms with Crippen LogP contribution in [0.5, 0.6) is 0 Å². The number of rotatable bonds is 7. The van der Waals surface area contributed by atoms with Crippen LogP contribution in [0.2, 0.25) is 0 Å². The van der Waals surface area contributed by atoms with Crippen molar-refractivity contribution in [1.82, 2.24) is 9.96 Å². The second-order valence-corrected chi connectivity index (χ2v) is 8.34. The van der Waals surface area contributed by atoms with Crippen molar-refractivity contribution in [1.29, 1.82) is 0 Å². The minimum atomic E-state index is -0.331. The molecule has 0 bridgehead atoms. The molecule has 6 nitrogen and oxygen atoms in total. The highest BCUT2D eigenvalue weighted by Crippen LogP contribution is 2.39. The SMILES string of the molecule is O=C(CCC(=O)N1CCC2(CCC(=O)N2OCc2ccccc2)CC1)c1ccccc1. The first-order valence-electron chi connectivity index (χ1n) is 10.9. The minimum absolute atomic E-state index is 0.000193. The molecule has 0 unspecified atom stereocenters. The molecule has 1 spiro atoms. The minimum Gasteiger partial charge on any atom is -0.343 e. The van der Waals surface area contributed by atoms with E-state index in [9.17, 15) is 14.4 Å². The molecule has 0 aromatic heterocycles. The Labute approximate surface area is 182 Å². The number of likely N-dealkylation sites (tertiary alicyclic amines) is 1. The first-order chi connectivity index (χ1) is 15.1. The quantitative estimate of drug-likeness (QED) is 0.640. The van der Waals surface area contributed by atoms with Gasteiger partial charge in [0.05, 0.1) is 5.54 Å². The average molecular weight is 421 g/mol. The van der Waals surface area contributed by atoms with Gasteiger partial charge in [0.1, 0.15) is 6.61 Å². The summed E-state index contributed by atoms with van der Waals surface area (Å²) in [4.78, 5) is 45.2. The van der Waals surface area contributed by atoms with Gasteiger partial charge in [0, 0.05) is 37.9 Å². The molecule has 31 heavy (non-hydrogen) atoms. The van der Waals surface area contributed by atoms with Crippen LogP contribution in [-0.4, -0.2) is 46.2 Å². The predicted molar refractivity (Wildman–Crippen MR) is 116 cm³/mol. The summed E-state index contributed by atoms with van der Waals surface area (Å²) in [6.07, 6.45) is 3.07. The van der Waals surface area contributed by atoms with Crippen LogP contribution in [0.3, 0.4) is 0 Å². The molecule has 0 N–H and O–H groups in total. The summed E-state index contributed by atoms with van der Waals surface area (Å²) in [5.74, 6) is 0.00804. The van der Waals surface area contributed by atoms with Crippen LogP contribution in [-0.2, 0) is 21.0 Å². The Kier molecular flexibility index (Phi) is 6.47. The lowest BCUT2D eigenvalue weighted by Crippen LogP contribution is -2.54. The zero-order valence-electron chi connectivity index (χ0n) is 17.7. The zero-order chi connectivity index (χ0) is 21.7. The van der Waals surface area contributed by atoms with Gasteiger partial charge >= 0.3 is 0 Å². The summed E-state index contributed by atoms with van der Waals surface area (Å²) in [7, 11) is 0. The van der Waals surface area contributed by atoms with Crippen molar-refractivity contribution in [2.75, 3.05) is 13.1 Å². The fourth-order valence-corrected chi connectivity index (χ4v) is 4.50. The third-order valence-electron chi connectivity index (χ3n) is 6.37. The van der Waals surface area contributed by atoms with Gasteiger partial charge in [-0.15, -0.1) is 0 Å². The van der Waals surface area contributed by atoms with E-state index in [4.69, 9.17) is 4.84 Å². The van der Waals surface area contributed by atoms with Gasteiger partial charge in [0.2, 0.25) is 11.8 Å². The number of nitrogens with zero attached hydrogens (tertiary/aromatic N) is 2. The van der Waals surface area contributed by atoms with Crippen molar-refractivity contribution in [3.8, 4) is 0 Å². The molecular weight excluding hydrogens is 392 g/mol. The number of carbonyl (C=O) groups excluding carboxylic acids is 3. The van der Waals surface area contributed by atoms with Crippen LogP contribution < -0.4 is 0 Å². The van der Waals surface area contributed by atoms with E-state index in [2.05, 4.69) is 0 Å². The molecule has 2 saturated heterocycles. The topological polar surface area (TPSA) is 66.9 Å². The third-order valence-corrected chi connectivity index (χ3v) is 6.37. The molecule has 6 heteroatoms. The van der Waals surface area contributed by atoms with Crippen LogP contribution in [0.1, 0.15) is 54.4 Å². The molecule has 0 saturated carbocycles. The maximum absolute atomic E-state index is 12.7. The monoisotopic (exact) mass is 420 g/mol. The molecule has 2 aromatic rings. The van der Waals surface area contributed by atoms with Gasteiger partial charge in [0.25, 0.3) is 0 Å². The van der Waals surface area contributed by atoms with Gasteiger partial charge < -0.3 is 4.90 Å². The van der Waals surface area contributed by atoms with Gasteiger partial charge in [-0.25, -0.2) is 5.06 Å². The third kappa shape index (κ3) is 4.85. The molecule has 162 valence electrons. The van der Waals surface area contributed by atoms with Crippen LogP contribution in [0.4, 0.5) is 0 Å². The number of hydrogen-bond donors (Lipinski definition) is 0. The fraction of sp³-hybridized carbons (Fsp3) is 0.400. The van der Waals surface area contributed by atoms with E-state index in [1.54, 1.807) is 17.2 Å². The standard InChI is InChI=1S/C25H28N2O4/c28-22(21-9-5-2-6-10-21)11-12-23(29)26-17-15-25(16-18-26)14-13-24(30)27(25)31-19-20-7-3-1-4-8-20/h1-10H,11-19H2. The molecule has 2 amide bonds. The number of benzene rings is 2. The van der Waals surface area contributed by atoms with Crippen molar-refractivity contribution in [2.45, 2.75) is 50.7 Å². The van der Waals surface area contributed by atoms with E-state index >= 15 is 0 Å². The van der Waals surface area contributed by atoms with Crippen LogP contribution in [0, 0.1) is 0 Å². The number of Topliss-reactive ketones (excluding diaryl/α,β-unsaturated/α-hetero) is 1. The largest absolute Gasteiger partial charge is 0.343 e. The van der Waals surface area contributed by atoms with Gasteiger partial charge in [-0.3, -0.25) is 19.2 Å². The Morgan fingerprint density at radius 1 is 0.871 bits per heavy atom. The molecule has 0 aliphatic carbocycles. The Morgan fingerprint density at radius 3 is 2.19 bits per heavy atom. The van der Waals surface area contributed by atoms with Crippen LogP contribution in [0.15, 0.2) is 60.7 Å². The summed E-state index contributed by atoms with van der Waals surface area (Å²) >= 11 is 0. The summed E-state index contributed by atoms with van der Waals surface area (Å²) < 4.78 is 0. The first kappa shape index (κ1) is 21.2. The lowest BCUT2D eigenvalue weighted by atomic mass is 9.86. The Bertz CT molecular complexity index is 921. The average Bonchev–Trinajstić information content (AvgIpc) is 3.12. The molecule has 2 aromatic carbocycles. The lowest BCUT2D eigenvalue weighted by molar-refractivity contribution is -0.222. The molecule has 4 rings (SSSR count). The van der Waals surface area contributed by atoms with E-state index in [-0.39, 0.29) is 36.0 Å². The Hall–Kier alpha value is -2.99. The van der Waals surface area contributed by atoms with Gasteiger partial charge in [-0.2, -0.15) is 0 Å². The van der Waals surface area contributed by atoms with E-state index < -0.39 is 0 Å². The lowest BCUT2D eigenvalue weighted by Gasteiger charge is -2.43. The molecule has 0 atom stereocenters. The molecular formula is C25H28N2O4. The number of amides is 2. The van der Waals surface area contributed by atoms with E-state index in [0.29, 0.717) is 44.5 Å². The van der Waals surface area contributed by atoms with Crippen LogP contribution >= 0.6 is 0 Å². The number of hydroxylamine groups is 2. The molecule has 2 heterocycles. The van der Waals surface area contributed by atoms with Crippen molar-refractivity contribution in [3.63, 3.8) is 0 Å². The molecule has 2 fully saturated rings. The number of ketones is 1. The number of carbonyl (C=O) groups is 3. The van der Waals surface area contributed by atoms with Gasteiger partial charge in [-0.05, 0) is 24.8 Å². The highest BCUT2D eigenvalue weighted by molar-refractivity contribution is 5.97. The summed E-state index contributed by atoms with van der Waals surface area (Å²) in [5.41, 5.74) is 1.33. The van der Waals surface area contributed by atoms with Crippen LogP contribution in [0.25, 0.3) is 0 Å². The smallest absolute Gasteiger partial charge is 0.246 e. The van der Waals surface area contributed by atoms with Gasteiger partial charge in [0.15, 0.2) is 5.78 Å². The normalized spacial score (nSPS) is 17.9. The molecule has 0 radical (unpaired) electrons. The number of hydrogen-bond acceptors (Lipinski definition) is 4. The number of piperidine rings is 1. The first-order valence-corrected chi connectivity index (χ1v) is 10.9. The van der Waals surface area contributed by atoms with Crippen molar-refractivity contribution < 1.29 is 19.2 Å².